The fourth-order valence-corrected chi connectivity index (χ4v) is 3.65. The van der Waals surface area contributed by atoms with Crippen molar-refractivity contribution in [3.8, 4) is 0 Å². The lowest BCUT2D eigenvalue weighted by Crippen LogP contribution is -2.26. The highest BCUT2D eigenvalue weighted by atomic mass is 32.1. The number of aromatic nitrogens is 1. The lowest BCUT2D eigenvalue weighted by Gasteiger charge is -2.31. The Morgan fingerprint density at radius 2 is 2.06 bits per heavy atom. The first-order valence-corrected chi connectivity index (χ1v) is 7.74. The molecule has 1 fully saturated rings. The van der Waals surface area contributed by atoms with Crippen LogP contribution in [-0.4, -0.2) is 18.1 Å². The molecule has 3 nitrogen and oxygen atoms in total. The van der Waals surface area contributed by atoms with Crippen LogP contribution in [0.4, 0.5) is 0 Å². The van der Waals surface area contributed by atoms with Crippen LogP contribution in [0.15, 0.2) is 5.38 Å². The molecule has 1 saturated carbocycles. The monoisotopic (exact) mass is 268 g/mol. The minimum atomic E-state index is 0.429. The zero-order valence-corrected chi connectivity index (χ0v) is 12.4. The molecule has 1 aliphatic carbocycles. The molecule has 0 aromatic carbocycles. The topological polar surface area (TPSA) is 34.2 Å². The molecule has 2 rings (SSSR count). The van der Waals surface area contributed by atoms with E-state index in [1.807, 2.05) is 7.05 Å². The maximum Gasteiger partial charge on any atom is 0.107 e. The summed E-state index contributed by atoms with van der Waals surface area (Å²) in [6.45, 7) is 6.19. The first-order valence-electron chi connectivity index (χ1n) is 6.86. The van der Waals surface area contributed by atoms with E-state index < -0.39 is 0 Å². The second-order valence-corrected chi connectivity index (χ2v) is 6.56. The van der Waals surface area contributed by atoms with E-state index in [4.69, 9.17) is 4.74 Å². The van der Waals surface area contributed by atoms with Gasteiger partial charge in [-0.15, -0.1) is 11.3 Å². The minimum Gasteiger partial charge on any atom is -0.372 e. The minimum absolute atomic E-state index is 0.429. The number of nitrogens with zero attached hydrogens (tertiary/aromatic N) is 1. The lowest BCUT2D eigenvalue weighted by atomic mass is 9.82. The second-order valence-electron chi connectivity index (χ2n) is 5.61. The van der Waals surface area contributed by atoms with E-state index in [1.165, 1.54) is 19.3 Å². The molecule has 4 heteroatoms. The molecule has 1 aliphatic rings. The van der Waals surface area contributed by atoms with Crippen LogP contribution < -0.4 is 5.32 Å². The van der Waals surface area contributed by atoms with Gasteiger partial charge in [0, 0.05) is 11.9 Å². The molecule has 0 aliphatic heterocycles. The summed E-state index contributed by atoms with van der Waals surface area (Å²) in [5.41, 5.74) is 1.08. The molecule has 1 aromatic heterocycles. The van der Waals surface area contributed by atoms with Crippen molar-refractivity contribution in [2.24, 2.45) is 11.8 Å². The van der Waals surface area contributed by atoms with Gasteiger partial charge in [-0.3, -0.25) is 0 Å². The summed E-state index contributed by atoms with van der Waals surface area (Å²) in [6, 6.07) is 0. The van der Waals surface area contributed by atoms with Crippen molar-refractivity contribution >= 4 is 11.3 Å². The zero-order chi connectivity index (χ0) is 13.0. The van der Waals surface area contributed by atoms with Gasteiger partial charge in [-0.2, -0.15) is 0 Å². The summed E-state index contributed by atoms with van der Waals surface area (Å²) < 4.78 is 6.03. The number of hydrogen-bond acceptors (Lipinski definition) is 4. The van der Waals surface area contributed by atoms with Crippen LogP contribution in [0.1, 0.15) is 43.8 Å². The van der Waals surface area contributed by atoms with Gasteiger partial charge in [-0.25, -0.2) is 4.98 Å². The van der Waals surface area contributed by atoms with E-state index in [1.54, 1.807) is 11.3 Å². The number of hydrogen-bond donors (Lipinski definition) is 1. The summed E-state index contributed by atoms with van der Waals surface area (Å²) >= 11 is 1.71. The Hall–Kier alpha value is -0.450. The molecule has 1 heterocycles. The molecular formula is C14H24N2OS. The lowest BCUT2D eigenvalue weighted by molar-refractivity contribution is -0.0103. The van der Waals surface area contributed by atoms with E-state index in [2.05, 4.69) is 29.5 Å². The van der Waals surface area contributed by atoms with Crippen LogP contribution in [-0.2, 0) is 17.9 Å². The average Bonchev–Trinajstić information content (AvgIpc) is 2.74. The van der Waals surface area contributed by atoms with E-state index in [-0.39, 0.29) is 0 Å². The molecule has 0 bridgehead atoms. The normalized spacial score (nSPS) is 28.5. The Bertz CT molecular complexity index is 356. The van der Waals surface area contributed by atoms with Gasteiger partial charge in [-0.1, -0.05) is 13.8 Å². The Labute approximate surface area is 114 Å². The van der Waals surface area contributed by atoms with E-state index >= 15 is 0 Å². The third kappa shape index (κ3) is 4.04. The summed E-state index contributed by atoms with van der Waals surface area (Å²) in [6.07, 6.45) is 4.19. The average molecular weight is 268 g/mol. The van der Waals surface area contributed by atoms with Crippen molar-refractivity contribution in [1.29, 1.82) is 0 Å². The van der Waals surface area contributed by atoms with Gasteiger partial charge < -0.3 is 10.1 Å². The largest absolute Gasteiger partial charge is 0.372 e. The molecule has 0 saturated heterocycles. The quantitative estimate of drug-likeness (QED) is 0.890. The van der Waals surface area contributed by atoms with Gasteiger partial charge in [0.25, 0.3) is 0 Å². The van der Waals surface area contributed by atoms with Crippen LogP contribution in [0, 0.1) is 11.8 Å². The summed E-state index contributed by atoms with van der Waals surface area (Å²) in [5, 5.41) is 6.38. The van der Waals surface area contributed by atoms with Crippen LogP contribution in [0.2, 0.25) is 0 Å². The fourth-order valence-electron chi connectivity index (χ4n) is 2.86. The summed E-state index contributed by atoms with van der Waals surface area (Å²) in [5.74, 6) is 1.60. The predicted octanol–water partition coefficient (Wildman–Crippen LogP) is 3.20. The molecule has 0 amide bonds. The molecule has 2 unspecified atom stereocenters. The van der Waals surface area contributed by atoms with Crippen LogP contribution in [0.25, 0.3) is 0 Å². The number of nitrogens with one attached hydrogen (secondary N) is 1. The van der Waals surface area contributed by atoms with Crippen LogP contribution >= 0.6 is 11.3 Å². The highest BCUT2D eigenvalue weighted by Crippen LogP contribution is 2.30. The number of ether oxygens (including phenoxy) is 1. The predicted molar refractivity (Wildman–Crippen MR) is 75.6 cm³/mol. The summed E-state index contributed by atoms with van der Waals surface area (Å²) in [4.78, 5) is 4.55. The number of rotatable bonds is 5. The van der Waals surface area contributed by atoms with Crippen LogP contribution in [0.5, 0.6) is 0 Å². The van der Waals surface area contributed by atoms with Gasteiger partial charge in [0.2, 0.25) is 0 Å². The maximum absolute atomic E-state index is 6.03. The van der Waals surface area contributed by atoms with E-state index in [0.717, 1.165) is 29.1 Å². The van der Waals surface area contributed by atoms with Gasteiger partial charge >= 0.3 is 0 Å². The molecule has 18 heavy (non-hydrogen) atoms. The number of thiazole rings is 1. The van der Waals surface area contributed by atoms with Gasteiger partial charge in [-0.05, 0) is 38.1 Å². The molecule has 0 radical (unpaired) electrons. The maximum atomic E-state index is 6.03. The SMILES string of the molecule is CNCc1nc(COC2CC(C)CC(C)C2)cs1. The smallest absolute Gasteiger partial charge is 0.107 e. The molecule has 1 N–H and O–H groups in total. The van der Waals surface area contributed by atoms with E-state index in [9.17, 15) is 0 Å². The highest BCUT2D eigenvalue weighted by molar-refractivity contribution is 7.09. The van der Waals surface area contributed by atoms with Crippen molar-refractivity contribution in [3.05, 3.63) is 16.1 Å². The molecule has 0 spiro atoms. The van der Waals surface area contributed by atoms with Crippen molar-refractivity contribution in [2.75, 3.05) is 7.05 Å². The van der Waals surface area contributed by atoms with Gasteiger partial charge in [0.05, 0.1) is 18.4 Å². The Morgan fingerprint density at radius 3 is 2.72 bits per heavy atom. The molecular weight excluding hydrogens is 244 g/mol. The standard InChI is InChI=1S/C14H24N2OS/c1-10-4-11(2)6-13(5-10)17-8-12-9-18-14(16-12)7-15-3/h9-11,13,15H,4-8H2,1-3H3. The van der Waals surface area contributed by atoms with Crippen LogP contribution in [0.3, 0.4) is 0 Å². The molecule has 2 atom stereocenters. The first-order chi connectivity index (χ1) is 8.67. The first kappa shape index (κ1) is 14.0. The zero-order valence-electron chi connectivity index (χ0n) is 11.6. The molecule has 102 valence electrons. The van der Waals surface area contributed by atoms with E-state index in [0.29, 0.717) is 12.7 Å². The van der Waals surface area contributed by atoms with Crippen molar-refractivity contribution in [3.63, 3.8) is 0 Å². The third-order valence-electron chi connectivity index (χ3n) is 3.53. The Balaban J connectivity index is 1.79. The Kier molecular flexibility index (Phi) is 5.15. The van der Waals surface area contributed by atoms with Crippen molar-refractivity contribution < 1.29 is 4.74 Å². The van der Waals surface area contributed by atoms with Gasteiger partial charge in [0.1, 0.15) is 5.01 Å². The third-order valence-corrected chi connectivity index (χ3v) is 4.43. The summed E-state index contributed by atoms with van der Waals surface area (Å²) in [7, 11) is 1.95. The fraction of sp³-hybridized carbons (Fsp3) is 0.786. The Morgan fingerprint density at radius 1 is 1.33 bits per heavy atom. The van der Waals surface area contributed by atoms with Crippen molar-refractivity contribution in [2.45, 2.75) is 52.4 Å². The van der Waals surface area contributed by atoms with Crippen molar-refractivity contribution in [1.82, 2.24) is 10.3 Å². The highest BCUT2D eigenvalue weighted by Gasteiger charge is 2.24. The van der Waals surface area contributed by atoms with Gasteiger partial charge in [0.15, 0.2) is 0 Å². The molecule has 1 aromatic rings. The second kappa shape index (κ2) is 6.64.